The Bertz CT molecular complexity index is 1400. The molecule has 208 valence electrons. The van der Waals surface area contributed by atoms with Crippen molar-refractivity contribution in [2.45, 2.75) is 24.5 Å². The summed E-state index contributed by atoms with van der Waals surface area (Å²) in [6.07, 6.45) is -0.215. The van der Waals surface area contributed by atoms with Gasteiger partial charge in [0, 0.05) is 49.7 Å². The standard InChI is InChI=1S/C29H32N6O5/c1-35(2)33-28(37)29(19-22-8-4-5-11-25(22)32-34-30)26(21-9-6-10-24(18-21)38-3)40-27(31-29)20-12-14-23(15-13-20)39-17-7-16-36/h4-6,8-15,18,26,36H,7,16-17,19H2,1-3H3,(H,33,37)/t26-,29-/m0/s1. The molecule has 11 heteroatoms. The fourth-order valence-corrected chi connectivity index (χ4v) is 4.48. The second-order valence-electron chi connectivity index (χ2n) is 9.40. The number of nitrogens with zero attached hydrogens (tertiary/aromatic N) is 5. The van der Waals surface area contributed by atoms with Gasteiger partial charge in [0.2, 0.25) is 5.90 Å². The highest BCUT2D eigenvalue weighted by Crippen LogP contribution is 2.44. The Balaban J connectivity index is 1.84. The van der Waals surface area contributed by atoms with Crippen LogP contribution in [0.4, 0.5) is 5.69 Å². The summed E-state index contributed by atoms with van der Waals surface area (Å²) in [4.78, 5) is 22.0. The number of aliphatic hydroxyl groups is 1. The highest BCUT2D eigenvalue weighted by atomic mass is 16.5. The van der Waals surface area contributed by atoms with E-state index in [1.165, 1.54) is 0 Å². The van der Waals surface area contributed by atoms with E-state index in [1.807, 2.05) is 48.5 Å². The molecule has 0 saturated heterocycles. The Hall–Kier alpha value is -4.57. The number of amides is 1. The Morgan fingerprint density at radius 1 is 1.15 bits per heavy atom. The lowest BCUT2D eigenvalue weighted by Gasteiger charge is -2.32. The average Bonchev–Trinajstić information content (AvgIpc) is 3.35. The van der Waals surface area contributed by atoms with Gasteiger partial charge in [-0.05, 0) is 53.1 Å². The number of carbonyl (C=O) groups is 1. The normalized spacial score (nSPS) is 17.9. The monoisotopic (exact) mass is 544 g/mol. The van der Waals surface area contributed by atoms with Gasteiger partial charge < -0.3 is 19.3 Å². The van der Waals surface area contributed by atoms with Gasteiger partial charge in [0.05, 0.1) is 13.7 Å². The van der Waals surface area contributed by atoms with Crippen molar-refractivity contribution < 1.29 is 24.1 Å². The van der Waals surface area contributed by atoms with Crippen LogP contribution in [0.2, 0.25) is 0 Å². The van der Waals surface area contributed by atoms with Gasteiger partial charge in [-0.15, -0.1) is 0 Å². The summed E-state index contributed by atoms with van der Waals surface area (Å²) in [7, 11) is 5.01. The second kappa shape index (κ2) is 13.0. The van der Waals surface area contributed by atoms with E-state index >= 15 is 0 Å². The van der Waals surface area contributed by atoms with Crippen molar-refractivity contribution in [2.75, 3.05) is 34.4 Å². The summed E-state index contributed by atoms with van der Waals surface area (Å²) in [5.74, 6) is 1.14. The first-order valence-electron chi connectivity index (χ1n) is 12.8. The number of ether oxygens (including phenoxy) is 3. The summed E-state index contributed by atoms with van der Waals surface area (Å²) in [6, 6.07) is 21.6. The minimum atomic E-state index is -1.47. The lowest BCUT2D eigenvalue weighted by Crippen LogP contribution is -2.53. The Kier molecular flexibility index (Phi) is 9.23. The van der Waals surface area contributed by atoms with Crippen LogP contribution in [0.15, 0.2) is 82.9 Å². The Morgan fingerprint density at radius 3 is 2.62 bits per heavy atom. The summed E-state index contributed by atoms with van der Waals surface area (Å²) in [6.45, 7) is 0.442. The van der Waals surface area contributed by atoms with Gasteiger partial charge in [-0.3, -0.25) is 10.2 Å². The first kappa shape index (κ1) is 28.4. The van der Waals surface area contributed by atoms with Crippen molar-refractivity contribution >= 4 is 17.5 Å². The van der Waals surface area contributed by atoms with Gasteiger partial charge in [0.1, 0.15) is 11.5 Å². The maximum Gasteiger partial charge on any atom is 0.266 e. The second-order valence-corrected chi connectivity index (χ2v) is 9.40. The first-order chi connectivity index (χ1) is 19.4. The summed E-state index contributed by atoms with van der Waals surface area (Å²) < 4.78 is 17.6. The van der Waals surface area contributed by atoms with Crippen LogP contribution in [-0.4, -0.2) is 61.9 Å². The number of hydrogen-bond donors (Lipinski definition) is 2. The van der Waals surface area contributed by atoms with E-state index in [0.717, 1.165) is 0 Å². The number of aliphatic hydroxyl groups excluding tert-OH is 1. The molecule has 2 atom stereocenters. The summed E-state index contributed by atoms with van der Waals surface area (Å²) >= 11 is 0. The van der Waals surface area contributed by atoms with Crippen molar-refractivity contribution in [3.8, 4) is 11.5 Å². The van der Waals surface area contributed by atoms with Crippen LogP contribution in [0.3, 0.4) is 0 Å². The molecule has 40 heavy (non-hydrogen) atoms. The number of hydrogen-bond acceptors (Lipinski definition) is 8. The fourth-order valence-electron chi connectivity index (χ4n) is 4.48. The number of hydrazine groups is 1. The molecule has 11 nitrogen and oxygen atoms in total. The van der Waals surface area contributed by atoms with Gasteiger partial charge in [-0.25, -0.2) is 10.0 Å². The molecule has 0 unspecified atom stereocenters. The number of rotatable bonds is 12. The van der Waals surface area contributed by atoms with E-state index in [1.54, 1.807) is 50.5 Å². The highest BCUT2D eigenvalue weighted by molar-refractivity contribution is 6.01. The predicted molar refractivity (Wildman–Crippen MR) is 151 cm³/mol. The number of benzene rings is 3. The van der Waals surface area contributed by atoms with Crippen LogP contribution in [0.25, 0.3) is 10.4 Å². The van der Waals surface area contributed by atoms with Crippen LogP contribution in [-0.2, 0) is 16.0 Å². The molecule has 2 N–H and O–H groups in total. The molecule has 4 rings (SSSR count). The molecule has 1 amide bonds. The molecule has 3 aromatic carbocycles. The zero-order valence-corrected chi connectivity index (χ0v) is 22.7. The lowest BCUT2D eigenvalue weighted by atomic mass is 9.81. The van der Waals surface area contributed by atoms with Gasteiger partial charge in [-0.2, -0.15) is 0 Å². The molecule has 0 fully saturated rings. The predicted octanol–water partition coefficient (Wildman–Crippen LogP) is 4.49. The Labute approximate surface area is 232 Å². The van der Waals surface area contributed by atoms with Crippen LogP contribution < -0.4 is 14.9 Å². The van der Waals surface area contributed by atoms with Gasteiger partial charge in [0.25, 0.3) is 5.91 Å². The van der Waals surface area contributed by atoms with Crippen molar-refractivity contribution in [3.63, 3.8) is 0 Å². The smallest absolute Gasteiger partial charge is 0.266 e. The van der Waals surface area contributed by atoms with E-state index in [2.05, 4.69) is 15.5 Å². The van der Waals surface area contributed by atoms with E-state index in [4.69, 9.17) is 29.8 Å². The van der Waals surface area contributed by atoms with Crippen molar-refractivity contribution in [1.82, 2.24) is 10.4 Å². The van der Waals surface area contributed by atoms with Crippen LogP contribution in [0.5, 0.6) is 11.5 Å². The number of nitrogens with one attached hydrogen (secondary N) is 1. The number of methoxy groups -OCH3 is 1. The lowest BCUT2D eigenvalue weighted by molar-refractivity contribution is -0.132. The molecule has 1 aliphatic rings. The molecule has 0 radical (unpaired) electrons. The largest absolute Gasteiger partial charge is 0.497 e. The SMILES string of the molecule is COc1cccc([C@@H]2OC(c3ccc(OCCCO)cc3)=N[C@]2(Cc2ccccc2N=[N+]=[N-])C(=O)NN(C)C)c1. The van der Waals surface area contributed by atoms with Crippen LogP contribution >= 0.6 is 0 Å². The number of aliphatic imine (C=N–C) groups is 1. The molecule has 0 bridgehead atoms. The summed E-state index contributed by atoms with van der Waals surface area (Å²) in [5, 5.41) is 14.4. The van der Waals surface area contributed by atoms with Crippen molar-refractivity contribution in [2.24, 2.45) is 10.1 Å². The minimum absolute atomic E-state index is 0.0499. The molecular weight excluding hydrogens is 512 g/mol. The van der Waals surface area contributed by atoms with E-state index in [0.29, 0.717) is 46.9 Å². The van der Waals surface area contributed by atoms with E-state index < -0.39 is 11.6 Å². The van der Waals surface area contributed by atoms with E-state index in [9.17, 15) is 4.79 Å². The van der Waals surface area contributed by atoms with Crippen molar-refractivity contribution in [1.29, 1.82) is 0 Å². The molecule has 3 aromatic rings. The van der Waals surface area contributed by atoms with E-state index in [-0.39, 0.29) is 24.8 Å². The highest BCUT2D eigenvalue weighted by Gasteiger charge is 2.54. The van der Waals surface area contributed by atoms with Gasteiger partial charge in [-0.1, -0.05) is 41.5 Å². The first-order valence-corrected chi connectivity index (χ1v) is 12.8. The third-order valence-electron chi connectivity index (χ3n) is 6.36. The Morgan fingerprint density at radius 2 is 1.93 bits per heavy atom. The fraction of sp³-hybridized carbons (Fsp3) is 0.310. The maximum absolute atomic E-state index is 14.1. The number of azide groups is 1. The zero-order valence-electron chi connectivity index (χ0n) is 22.7. The molecule has 0 saturated carbocycles. The van der Waals surface area contributed by atoms with Crippen molar-refractivity contribution in [3.05, 3.63) is 99.9 Å². The van der Waals surface area contributed by atoms with Gasteiger partial charge in [0.15, 0.2) is 11.6 Å². The zero-order chi connectivity index (χ0) is 28.5. The molecule has 0 aromatic heterocycles. The average molecular weight is 545 g/mol. The molecule has 0 spiro atoms. The topological polar surface area (TPSA) is 141 Å². The third kappa shape index (κ3) is 6.35. The number of carbonyl (C=O) groups excluding carboxylic acids is 1. The quantitative estimate of drug-likeness (QED) is 0.113. The molecule has 0 aliphatic carbocycles. The maximum atomic E-state index is 14.1. The summed E-state index contributed by atoms with van der Waals surface area (Å²) in [5.41, 5.74) is 12.9. The molecular formula is C29H32N6O5. The van der Waals surface area contributed by atoms with Crippen LogP contribution in [0, 0.1) is 0 Å². The minimum Gasteiger partial charge on any atom is -0.497 e. The third-order valence-corrected chi connectivity index (χ3v) is 6.36. The molecule has 1 aliphatic heterocycles. The van der Waals surface area contributed by atoms with Crippen LogP contribution in [0.1, 0.15) is 29.2 Å². The molecule has 1 heterocycles. The van der Waals surface area contributed by atoms with Gasteiger partial charge >= 0.3 is 0 Å².